The number of carboxylic acid groups (broad SMARTS) is 1. The molecule has 0 radical (unpaired) electrons. The molecule has 1 aromatic heterocycles. The molecular weight excluding hydrogens is 558 g/mol. The Labute approximate surface area is 245 Å². The summed E-state index contributed by atoms with van der Waals surface area (Å²) in [6.45, 7) is 3.72. The van der Waals surface area contributed by atoms with E-state index < -0.39 is 10.0 Å². The van der Waals surface area contributed by atoms with E-state index in [1.165, 1.54) is 51.5 Å². The number of rotatable bonds is 11. The smallest absolute Gasteiger partial charge is 0.290 e. The molecule has 1 fully saturated rings. The molecule has 5 rings (SSSR count). The Hall–Kier alpha value is -4.68. The highest BCUT2D eigenvalue weighted by Gasteiger charge is 2.14. The molecule has 12 heteroatoms. The number of hydrogen-bond donors (Lipinski definition) is 3. The Morgan fingerprint density at radius 2 is 1.52 bits per heavy atom. The molecule has 3 aromatic carbocycles. The van der Waals surface area contributed by atoms with E-state index in [-0.39, 0.29) is 11.4 Å². The van der Waals surface area contributed by atoms with Gasteiger partial charge in [0.1, 0.15) is 30.3 Å². The van der Waals surface area contributed by atoms with Gasteiger partial charge in [0, 0.05) is 29.5 Å². The Morgan fingerprint density at radius 3 is 2.17 bits per heavy atom. The first kappa shape index (κ1) is 30.3. The second-order valence-corrected chi connectivity index (χ2v) is 11.0. The zero-order valence-corrected chi connectivity index (χ0v) is 24.0. The average Bonchev–Trinajstić information content (AvgIpc) is 3.53. The second-order valence-electron chi connectivity index (χ2n) is 9.30. The van der Waals surface area contributed by atoms with Gasteiger partial charge in [0.15, 0.2) is 0 Å². The molecule has 0 saturated carbocycles. The molecule has 3 N–H and O–H groups in total. The lowest BCUT2D eigenvalue weighted by atomic mass is 10.1. The third-order valence-corrected chi connectivity index (χ3v) is 7.87. The summed E-state index contributed by atoms with van der Waals surface area (Å²) in [4.78, 5) is 19.7. The predicted molar refractivity (Wildman–Crippen MR) is 161 cm³/mol. The van der Waals surface area contributed by atoms with Gasteiger partial charge in [0.05, 0.1) is 17.7 Å². The molecule has 4 aromatic rings. The summed E-state index contributed by atoms with van der Waals surface area (Å²) in [7, 11) is -2.18. The molecule has 11 nitrogen and oxygen atoms in total. The van der Waals surface area contributed by atoms with Crippen LogP contribution in [0, 0.1) is 0 Å². The Morgan fingerprint density at radius 1 is 0.905 bits per heavy atom. The van der Waals surface area contributed by atoms with Crippen LogP contribution in [0.1, 0.15) is 12.8 Å². The van der Waals surface area contributed by atoms with Crippen molar-refractivity contribution in [3.8, 4) is 22.8 Å². The fraction of sp³-hybridized carbons (Fsp3) is 0.233. The van der Waals surface area contributed by atoms with Gasteiger partial charge in [-0.3, -0.25) is 14.4 Å². The maximum absolute atomic E-state index is 12.7. The van der Waals surface area contributed by atoms with Crippen LogP contribution in [-0.2, 0) is 14.8 Å². The summed E-state index contributed by atoms with van der Waals surface area (Å²) in [5, 5.41) is 10.1. The Kier molecular flexibility index (Phi) is 10.7. The summed E-state index contributed by atoms with van der Waals surface area (Å²) in [5.74, 6) is 2.05. The van der Waals surface area contributed by atoms with E-state index in [0.29, 0.717) is 23.9 Å². The zero-order chi connectivity index (χ0) is 29.8. The van der Waals surface area contributed by atoms with Crippen LogP contribution < -0.4 is 19.5 Å². The van der Waals surface area contributed by atoms with Crippen molar-refractivity contribution in [2.75, 3.05) is 43.4 Å². The van der Waals surface area contributed by atoms with Crippen LogP contribution in [0.5, 0.6) is 11.5 Å². The van der Waals surface area contributed by atoms with Gasteiger partial charge < -0.3 is 19.9 Å². The van der Waals surface area contributed by atoms with Gasteiger partial charge >= 0.3 is 0 Å². The molecule has 42 heavy (non-hydrogen) atoms. The van der Waals surface area contributed by atoms with Crippen molar-refractivity contribution < 1.29 is 27.8 Å². The summed E-state index contributed by atoms with van der Waals surface area (Å²) in [6.07, 6.45) is 4.07. The van der Waals surface area contributed by atoms with E-state index in [0.717, 1.165) is 29.2 Å². The van der Waals surface area contributed by atoms with E-state index in [1.807, 2.05) is 30.3 Å². The zero-order valence-electron chi connectivity index (χ0n) is 23.1. The molecule has 220 valence electrons. The lowest BCUT2D eigenvalue weighted by Crippen LogP contribution is -2.25. The highest BCUT2D eigenvalue weighted by atomic mass is 32.2. The highest BCUT2D eigenvalue weighted by molar-refractivity contribution is 7.92. The average molecular weight is 592 g/mol. The van der Waals surface area contributed by atoms with Gasteiger partial charge in [-0.15, -0.1) is 0 Å². The summed E-state index contributed by atoms with van der Waals surface area (Å²) in [5.41, 5.74) is 2.94. The van der Waals surface area contributed by atoms with Crippen molar-refractivity contribution in [1.82, 2.24) is 14.9 Å². The van der Waals surface area contributed by atoms with Crippen LogP contribution in [0.25, 0.3) is 11.3 Å². The van der Waals surface area contributed by atoms with E-state index >= 15 is 0 Å². The second kappa shape index (κ2) is 14.8. The van der Waals surface area contributed by atoms with Gasteiger partial charge in [0.25, 0.3) is 16.5 Å². The minimum Gasteiger partial charge on any atom is -0.497 e. The molecule has 1 aliphatic rings. The van der Waals surface area contributed by atoms with Gasteiger partial charge in [-0.25, -0.2) is 18.4 Å². The van der Waals surface area contributed by atoms with Crippen LogP contribution in [0.2, 0.25) is 0 Å². The van der Waals surface area contributed by atoms with E-state index in [2.05, 4.69) is 24.9 Å². The molecule has 2 heterocycles. The number of anilines is 3. The topological polar surface area (TPSA) is 143 Å². The normalized spacial score (nSPS) is 13.0. The van der Waals surface area contributed by atoms with E-state index in [1.54, 1.807) is 36.4 Å². The van der Waals surface area contributed by atoms with Gasteiger partial charge in [0.2, 0.25) is 0 Å². The molecule has 1 aliphatic heterocycles. The van der Waals surface area contributed by atoms with Gasteiger partial charge in [-0.2, -0.15) is 0 Å². The SMILES string of the molecule is COc1ccc(S(=O)(=O)Nc2ccc(Nc3cc(-c4ccc(OCCN5CCCC5)cc4)ncn3)cc2)cc1.O=CO. The number of hydrogen-bond acceptors (Lipinski definition) is 9. The van der Waals surface area contributed by atoms with Crippen molar-refractivity contribution in [2.45, 2.75) is 17.7 Å². The van der Waals surface area contributed by atoms with Crippen LogP contribution in [-0.4, -0.2) is 68.2 Å². The Balaban J connectivity index is 0.00000129. The maximum Gasteiger partial charge on any atom is 0.290 e. The number of methoxy groups -OCH3 is 1. The Bertz CT molecular complexity index is 1530. The quantitative estimate of drug-likeness (QED) is 0.207. The van der Waals surface area contributed by atoms with Crippen molar-refractivity contribution in [1.29, 1.82) is 0 Å². The monoisotopic (exact) mass is 591 g/mol. The van der Waals surface area contributed by atoms with Gasteiger partial charge in [-0.05, 0) is 98.7 Å². The lowest BCUT2D eigenvalue weighted by molar-refractivity contribution is -0.122. The number of likely N-dealkylation sites (tertiary alicyclic amines) is 1. The number of nitrogens with zero attached hydrogens (tertiary/aromatic N) is 3. The fourth-order valence-corrected chi connectivity index (χ4v) is 5.40. The minimum atomic E-state index is -3.72. The maximum atomic E-state index is 12.7. The number of nitrogens with one attached hydrogen (secondary N) is 2. The third-order valence-electron chi connectivity index (χ3n) is 6.47. The number of sulfonamides is 1. The number of carbonyl (C=O) groups is 1. The van der Waals surface area contributed by atoms with E-state index in [9.17, 15) is 8.42 Å². The standard InChI is InChI=1S/C29H31N5O4S.CH2O2/c1-37-25-12-14-27(15-13-25)39(35,36)33-24-8-6-23(7-9-24)32-29-20-28(30-21-31-29)22-4-10-26(11-5-22)38-19-18-34-16-2-3-17-34;2-1-3/h4-15,20-21,33H,2-3,16-19H2,1H3,(H,30,31,32);1H,(H,2,3). The highest BCUT2D eigenvalue weighted by Crippen LogP contribution is 2.25. The molecule has 1 saturated heterocycles. The minimum absolute atomic E-state index is 0.153. The van der Waals surface area contributed by atoms with E-state index in [4.69, 9.17) is 19.4 Å². The number of aromatic nitrogens is 2. The fourth-order valence-electron chi connectivity index (χ4n) is 4.34. The van der Waals surface area contributed by atoms with Crippen LogP contribution in [0.15, 0.2) is 90.1 Å². The first-order valence-electron chi connectivity index (χ1n) is 13.3. The van der Waals surface area contributed by atoms with Crippen molar-refractivity contribution in [3.05, 3.63) is 85.2 Å². The summed E-state index contributed by atoms with van der Waals surface area (Å²) in [6, 6.07) is 22.9. The molecule has 0 atom stereocenters. The van der Waals surface area contributed by atoms with Crippen LogP contribution in [0.3, 0.4) is 0 Å². The lowest BCUT2D eigenvalue weighted by Gasteiger charge is -2.15. The van der Waals surface area contributed by atoms with Crippen molar-refractivity contribution in [2.24, 2.45) is 0 Å². The molecule has 0 aliphatic carbocycles. The number of ether oxygens (including phenoxy) is 2. The third kappa shape index (κ3) is 8.66. The first-order valence-corrected chi connectivity index (χ1v) is 14.8. The first-order chi connectivity index (χ1) is 20.4. The molecule has 0 unspecified atom stereocenters. The molecule has 0 amide bonds. The van der Waals surface area contributed by atoms with Crippen molar-refractivity contribution in [3.63, 3.8) is 0 Å². The van der Waals surface area contributed by atoms with Crippen molar-refractivity contribution >= 4 is 33.7 Å². The largest absolute Gasteiger partial charge is 0.497 e. The molecule has 0 bridgehead atoms. The molecule has 0 spiro atoms. The number of benzene rings is 3. The molecular formula is C30H33N5O6S. The van der Waals surface area contributed by atoms with Crippen LogP contribution in [0.4, 0.5) is 17.2 Å². The summed E-state index contributed by atoms with van der Waals surface area (Å²) < 4.78 is 38.9. The predicted octanol–water partition coefficient (Wildman–Crippen LogP) is 4.87. The van der Waals surface area contributed by atoms with Crippen LogP contribution >= 0.6 is 0 Å². The summed E-state index contributed by atoms with van der Waals surface area (Å²) >= 11 is 0. The van der Waals surface area contributed by atoms with Gasteiger partial charge in [-0.1, -0.05) is 0 Å².